The van der Waals surface area contributed by atoms with Gasteiger partial charge in [0.05, 0.1) is 19.0 Å². The third kappa shape index (κ3) is 3.09. The van der Waals surface area contributed by atoms with E-state index < -0.39 is 0 Å². The maximum atomic E-state index is 12.5. The third-order valence-electron chi connectivity index (χ3n) is 4.55. The second kappa shape index (κ2) is 6.44. The Morgan fingerprint density at radius 3 is 2.92 bits per heavy atom. The lowest BCUT2D eigenvalue weighted by Gasteiger charge is -2.19. The number of amidine groups is 1. The highest BCUT2D eigenvalue weighted by Gasteiger charge is 2.35. The van der Waals surface area contributed by atoms with Crippen LogP contribution in [0.25, 0.3) is 0 Å². The van der Waals surface area contributed by atoms with Crippen molar-refractivity contribution in [3.8, 4) is 5.75 Å². The van der Waals surface area contributed by atoms with Gasteiger partial charge in [-0.1, -0.05) is 11.8 Å². The van der Waals surface area contributed by atoms with Gasteiger partial charge < -0.3 is 20.2 Å². The summed E-state index contributed by atoms with van der Waals surface area (Å²) >= 11 is 1.58. The first-order valence-corrected chi connectivity index (χ1v) is 9.04. The van der Waals surface area contributed by atoms with Gasteiger partial charge in [-0.15, -0.1) is 0 Å². The molecule has 0 radical (unpaired) electrons. The second-order valence-corrected chi connectivity index (χ2v) is 7.02. The maximum absolute atomic E-state index is 12.5. The van der Waals surface area contributed by atoms with Gasteiger partial charge in [0.2, 0.25) is 11.8 Å². The molecule has 3 aliphatic rings. The normalized spacial score (nSPS) is 22.1. The summed E-state index contributed by atoms with van der Waals surface area (Å²) in [5.41, 5.74) is 1.75. The molecule has 0 spiro atoms. The number of amides is 2. The summed E-state index contributed by atoms with van der Waals surface area (Å²) in [7, 11) is 0. The number of rotatable bonds is 4. The minimum absolute atomic E-state index is 0.0737. The highest BCUT2D eigenvalue weighted by atomic mass is 32.2. The largest absolute Gasteiger partial charge is 0.508 e. The standard InChI is InChI=1S/C17H18N4O3S/c22-14-3-1-12(2-4-14)21-9-11(7-15(21)23)16(24)19-8-13-10-25-17-18-5-6-20(13)17/h1-4,10-11,22H,5-9H2,(H,19,24)/t11-/m0/s1. The van der Waals surface area contributed by atoms with Crippen LogP contribution in [0.15, 0.2) is 40.4 Å². The van der Waals surface area contributed by atoms with E-state index in [2.05, 4.69) is 15.2 Å². The minimum atomic E-state index is -0.359. The number of thioether (sulfide) groups is 1. The van der Waals surface area contributed by atoms with Gasteiger partial charge in [-0.25, -0.2) is 0 Å². The Balaban J connectivity index is 1.35. The molecule has 1 aromatic carbocycles. The van der Waals surface area contributed by atoms with Crippen molar-refractivity contribution in [3.05, 3.63) is 35.4 Å². The summed E-state index contributed by atoms with van der Waals surface area (Å²) in [6.07, 6.45) is 0.205. The van der Waals surface area contributed by atoms with E-state index in [1.807, 2.05) is 5.41 Å². The molecule has 4 rings (SSSR count). The van der Waals surface area contributed by atoms with Crippen LogP contribution in [-0.4, -0.2) is 53.2 Å². The first-order chi connectivity index (χ1) is 12.1. The van der Waals surface area contributed by atoms with E-state index in [0.717, 1.165) is 24.0 Å². The number of hydrogen-bond donors (Lipinski definition) is 2. The fourth-order valence-electron chi connectivity index (χ4n) is 3.20. The van der Waals surface area contributed by atoms with Crippen LogP contribution in [0, 0.1) is 5.92 Å². The summed E-state index contributed by atoms with van der Waals surface area (Å²) in [4.78, 5) is 32.8. The Kier molecular flexibility index (Phi) is 4.12. The number of phenols is 1. The molecule has 0 aliphatic carbocycles. The van der Waals surface area contributed by atoms with E-state index in [1.165, 1.54) is 12.1 Å². The van der Waals surface area contributed by atoms with E-state index in [4.69, 9.17) is 0 Å². The molecule has 2 amide bonds. The van der Waals surface area contributed by atoms with Gasteiger partial charge in [0.25, 0.3) is 0 Å². The summed E-state index contributed by atoms with van der Waals surface area (Å²) in [5, 5.41) is 15.3. The lowest BCUT2D eigenvalue weighted by Crippen LogP contribution is -2.36. The Morgan fingerprint density at radius 2 is 2.12 bits per heavy atom. The van der Waals surface area contributed by atoms with Gasteiger partial charge in [0, 0.05) is 36.3 Å². The van der Waals surface area contributed by atoms with Crippen LogP contribution >= 0.6 is 11.8 Å². The summed E-state index contributed by atoms with van der Waals surface area (Å²) in [6, 6.07) is 6.44. The van der Waals surface area contributed by atoms with Gasteiger partial charge in [0.1, 0.15) is 5.75 Å². The second-order valence-electron chi connectivity index (χ2n) is 6.18. The Bertz CT molecular complexity index is 775. The SMILES string of the molecule is O=C(NCC1=CSC2=NCCN12)[C@H]1CC(=O)N(c2ccc(O)cc2)C1. The molecule has 1 atom stereocenters. The zero-order valence-corrected chi connectivity index (χ0v) is 14.3. The number of phenolic OH excluding ortho intramolecular Hbond substituents is 1. The molecule has 1 saturated heterocycles. The molecule has 3 aliphatic heterocycles. The smallest absolute Gasteiger partial charge is 0.227 e. The molecule has 130 valence electrons. The number of aliphatic imine (C=N–C) groups is 1. The van der Waals surface area contributed by atoms with Crippen LogP contribution < -0.4 is 10.2 Å². The van der Waals surface area contributed by atoms with Crippen molar-refractivity contribution in [1.29, 1.82) is 0 Å². The number of fused-ring (bicyclic) bond motifs is 1. The van der Waals surface area contributed by atoms with Crippen molar-refractivity contribution < 1.29 is 14.7 Å². The zero-order chi connectivity index (χ0) is 17.4. The summed E-state index contributed by atoms with van der Waals surface area (Å²) in [5.74, 6) is -0.388. The summed E-state index contributed by atoms with van der Waals surface area (Å²) in [6.45, 7) is 2.47. The molecule has 7 nitrogen and oxygen atoms in total. The molecule has 2 N–H and O–H groups in total. The molecule has 1 aromatic rings. The molecular weight excluding hydrogens is 340 g/mol. The number of hydrogen-bond acceptors (Lipinski definition) is 6. The van der Waals surface area contributed by atoms with E-state index in [1.54, 1.807) is 28.8 Å². The van der Waals surface area contributed by atoms with Crippen molar-refractivity contribution in [2.45, 2.75) is 6.42 Å². The zero-order valence-electron chi connectivity index (χ0n) is 13.5. The first kappa shape index (κ1) is 16.0. The van der Waals surface area contributed by atoms with Crippen molar-refractivity contribution in [2.24, 2.45) is 10.9 Å². The fraction of sp³-hybridized carbons (Fsp3) is 0.353. The first-order valence-electron chi connectivity index (χ1n) is 8.16. The van der Waals surface area contributed by atoms with Crippen LogP contribution in [0.5, 0.6) is 5.75 Å². The van der Waals surface area contributed by atoms with Gasteiger partial charge in [-0.05, 0) is 24.3 Å². The Hall–Kier alpha value is -2.48. The molecule has 25 heavy (non-hydrogen) atoms. The van der Waals surface area contributed by atoms with E-state index in [0.29, 0.717) is 18.8 Å². The van der Waals surface area contributed by atoms with Gasteiger partial charge in [-0.3, -0.25) is 14.6 Å². The van der Waals surface area contributed by atoms with Gasteiger partial charge in [0.15, 0.2) is 5.17 Å². The quantitative estimate of drug-likeness (QED) is 0.843. The van der Waals surface area contributed by atoms with Crippen molar-refractivity contribution >= 4 is 34.4 Å². The number of aromatic hydroxyl groups is 1. The third-order valence-corrected chi connectivity index (χ3v) is 5.50. The number of nitrogens with one attached hydrogen (secondary N) is 1. The fourth-order valence-corrected chi connectivity index (χ4v) is 4.16. The molecule has 0 bridgehead atoms. The lowest BCUT2D eigenvalue weighted by molar-refractivity contribution is -0.126. The van der Waals surface area contributed by atoms with Crippen LogP contribution in [0.3, 0.4) is 0 Å². The molecule has 1 fully saturated rings. The number of carbonyl (C=O) groups is 2. The minimum Gasteiger partial charge on any atom is -0.508 e. The van der Waals surface area contributed by atoms with Gasteiger partial charge >= 0.3 is 0 Å². The lowest BCUT2D eigenvalue weighted by atomic mass is 10.1. The molecule has 0 unspecified atom stereocenters. The maximum Gasteiger partial charge on any atom is 0.227 e. The molecular formula is C17H18N4O3S. The monoisotopic (exact) mass is 358 g/mol. The Labute approximate surface area is 149 Å². The molecule has 8 heteroatoms. The topological polar surface area (TPSA) is 85.2 Å². The van der Waals surface area contributed by atoms with E-state index in [9.17, 15) is 14.7 Å². The molecule has 0 aromatic heterocycles. The number of nitrogens with zero attached hydrogens (tertiary/aromatic N) is 3. The Morgan fingerprint density at radius 1 is 1.32 bits per heavy atom. The highest BCUT2D eigenvalue weighted by molar-refractivity contribution is 8.16. The predicted octanol–water partition coefficient (Wildman–Crippen LogP) is 1.12. The van der Waals surface area contributed by atoms with Crippen molar-refractivity contribution in [1.82, 2.24) is 10.2 Å². The van der Waals surface area contributed by atoms with Crippen LogP contribution in [0.1, 0.15) is 6.42 Å². The van der Waals surface area contributed by atoms with Crippen LogP contribution in [0.4, 0.5) is 5.69 Å². The van der Waals surface area contributed by atoms with Crippen molar-refractivity contribution in [3.63, 3.8) is 0 Å². The van der Waals surface area contributed by atoms with Crippen molar-refractivity contribution in [2.75, 3.05) is 31.1 Å². The number of anilines is 1. The molecule has 3 heterocycles. The molecule has 0 saturated carbocycles. The average Bonchev–Trinajstić information content (AvgIpc) is 3.29. The summed E-state index contributed by atoms with van der Waals surface area (Å²) < 4.78 is 0. The van der Waals surface area contributed by atoms with Crippen LogP contribution in [0.2, 0.25) is 0 Å². The number of benzene rings is 1. The van der Waals surface area contributed by atoms with Gasteiger partial charge in [-0.2, -0.15) is 0 Å². The van der Waals surface area contributed by atoms with Crippen LogP contribution in [-0.2, 0) is 9.59 Å². The number of carbonyl (C=O) groups excluding carboxylic acids is 2. The van der Waals surface area contributed by atoms with E-state index in [-0.39, 0.29) is 29.9 Å². The average molecular weight is 358 g/mol. The predicted molar refractivity (Wildman–Crippen MR) is 96.3 cm³/mol. The highest BCUT2D eigenvalue weighted by Crippen LogP contribution is 2.29. The van der Waals surface area contributed by atoms with E-state index >= 15 is 0 Å².